The Balaban J connectivity index is 0.00000128. The predicted octanol–water partition coefficient (Wildman–Crippen LogP) is -0.172. The maximum atomic E-state index is 5.30. The number of aliphatic imine (C=N–C) groups is 1. The summed E-state index contributed by atoms with van der Waals surface area (Å²) in [6, 6.07) is 0. The molecule has 0 spiro atoms. The highest BCUT2D eigenvalue weighted by atomic mass is 127. The molecule has 0 bridgehead atoms. The zero-order valence-electron chi connectivity index (χ0n) is 9.81. The van der Waals surface area contributed by atoms with E-state index in [1.165, 1.54) is 0 Å². The number of halogens is 1. The smallest absolute Gasteiger partial charge is 0.193 e. The third-order valence-electron chi connectivity index (χ3n) is 2.87. The summed E-state index contributed by atoms with van der Waals surface area (Å²) in [5, 5.41) is 3.37. The van der Waals surface area contributed by atoms with Gasteiger partial charge in [-0.3, -0.25) is 9.89 Å². The molecule has 0 amide bonds. The van der Waals surface area contributed by atoms with Gasteiger partial charge in [0.05, 0.1) is 19.8 Å². The average molecular weight is 340 g/mol. The molecule has 0 aromatic heterocycles. The third-order valence-corrected chi connectivity index (χ3v) is 2.87. The molecule has 1 saturated heterocycles. The summed E-state index contributed by atoms with van der Waals surface area (Å²) in [6.07, 6.45) is 0. The van der Waals surface area contributed by atoms with Crippen molar-refractivity contribution in [3.05, 3.63) is 0 Å². The number of ether oxygens (including phenoxy) is 1. The van der Waals surface area contributed by atoms with Crippen LogP contribution in [-0.2, 0) is 4.74 Å². The number of likely N-dealkylation sites (N-methyl/N-ethyl adjacent to an activating group) is 1. The van der Waals surface area contributed by atoms with Gasteiger partial charge in [0.2, 0.25) is 0 Å². The zero-order valence-corrected chi connectivity index (χ0v) is 12.1. The molecule has 2 aliphatic rings. The fourth-order valence-electron chi connectivity index (χ4n) is 1.87. The highest BCUT2D eigenvalue weighted by Gasteiger charge is 2.13. The molecule has 0 aromatic rings. The minimum atomic E-state index is 0. The summed E-state index contributed by atoms with van der Waals surface area (Å²) in [5.74, 6) is 1.04. The Kier molecular flexibility index (Phi) is 6.37. The predicted molar refractivity (Wildman–Crippen MR) is 75.6 cm³/mol. The van der Waals surface area contributed by atoms with Gasteiger partial charge in [0.1, 0.15) is 0 Å². The van der Waals surface area contributed by atoms with Gasteiger partial charge >= 0.3 is 0 Å². The maximum absolute atomic E-state index is 5.30. The summed E-state index contributed by atoms with van der Waals surface area (Å²) in [4.78, 5) is 8.98. The van der Waals surface area contributed by atoms with Gasteiger partial charge in [-0.1, -0.05) is 0 Å². The first-order chi connectivity index (χ1) is 7.36. The minimum absolute atomic E-state index is 0. The average Bonchev–Trinajstić information content (AvgIpc) is 2.66. The van der Waals surface area contributed by atoms with Gasteiger partial charge < -0.3 is 15.0 Å². The molecule has 6 heteroatoms. The van der Waals surface area contributed by atoms with Gasteiger partial charge in [0.15, 0.2) is 5.96 Å². The molecule has 2 rings (SSSR count). The Bertz CT molecular complexity index is 231. The summed E-state index contributed by atoms with van der Waals surface area (Å²) < 4.78 is 5.30. The van der Waals surface area contributed by atoms with Crippen molar-refractivity contribution in [2.45, 2.75) is 0 Å². The normalized spacial score (nSPS) is 21.6. The fraction of sp³-hybridized carbons (Fsp3) is 0.900. The SMILES string of the molecule is CN1CCN=C1NCCN1CCOCC1.I. The van der Waals surface area contributed by atoms with Crippen molar-refractivity contribution in [1.29, 1.82) is 0 Å². The second-order valence-corrected chi connectivity index (χ2v) is 4.01. The van der Waals surface area contributed by atoms with Crippen molar-refractivity contribution in [2.24, 2.45) is 4.99 Å². The largest absolute Gasteiger partial charge is 0.379 e. The van der Waals surface area contributed by atoms with Crippen LogP contribution in [0.25, 0.3) is 0 Å². The van der Waals surface area contributed by atoms with E-state index in [9.17, 15) is 0 Å². The van der Waals surface area contributed by atoms with Crippen LogP contribution < -0.4 is 5.32 Å². The monoisotopic (exact) mass is 340 g/mol. The molecule has 1 fully saturated rings. The van der Waals surface area contributed by atoms with Gasteiger partial charge in [0, 0.05) is 39.8 Å². The van der Waals surface area contributed by atoms with Crippen LogP contribution in [0.15, 0.2) is 4.99 Å². The van der Waals surface area contributed by atoms with Gasteiger partial charge in [-0.15, -0.1) is 24.0 Å². The topological polar surface area (TPSA) is 40.1 Å². The third kappa shape index (κ3) is 4.06. The maximum Gasteiger partial charge on any atom is 0.193 e. The lowest BCUT2D eigenvalue weighted by atomic mass is 10.4. The van der Waals surface area contributed by atoms with Gasteiger partial charge in [0.25, 0.3) is 0 Å². The molecule has 5 nitrogen and oxygen atoms in total. The van der Waals surface area contributed by atoms with Crippen LogP contribution in [-0.4, -0.2) is 75.3 Å². The number of hydrogen-bond acceptors (Lipinski definition) is 5. The summed E-state index contributed by atoms with van der Waals surface area (Å²) in [7, 11) is 2.08. The van der Waals surface area contributed by atoms with Crippen molar-refractivity contribution in [3.8, 4) is 0 Å². The minimum Gasteiger partial charge on any atom is -0.379 e. The van der Waals surface area contributed by atoms with Gasteiger partial charge in [-0.05, 0) is 0 Å². The van der Waals surface area contributed by atoms with Crippen LogP contribution in [0.2, 0.25) is 0 Å². The molecule has 0 atom stereocenters. The molecule has 1 N–H and O–H groups in total. The fourth-order valence-corrected chi connectivity index (χ4v) is 1.87. The summed E-state index contributed by atoms with van der Waals surface area (Å²) >= 11 is 0. The summed E-state index contributed by atoms with van der Waals surface area (Å²) in [5.41, 5.74) is 0. The lowest BCUT2D eigenvalue weighted by Gasteiger charge is -2.27. The highest BCUT2D eigenvalue weighted by molar-refractivity contribution is 14.0. The molecule has 0 unspecified atom stereocenters. The molecule has 0 aliphatic carbocycles. The van der Waals surface area contributed by atoms with Crippen molar-refractivity contribution in [1.82, 2.24) is 15.1 Å². The summed E-state index contributed by atoms with van der Waals surface area (Å²) in [6.45, 7) is 7.89. The van der Waals surface area contributed by atoms with Crippen LogP contribution in [0.3, 0.4) is 0 Å². The highest BCUT2D eigenvalue weighted by Crippen LogP contribution is 1.97. The molecule has 94 valence electrons. The molecular weight excluding hydrogens is 319 g/mol. The molecule has 2 aliphatic heterocycles. The van der Waals surface area contributed by atoms with Crippen molar-refractivity contribution in [2.75, 3.05) is 59.5 Å². The van der Waals surface area contributed by atoms with Crippen molar-refractivity contribution < 1.29 is 4.74 Å². The lowest BCUT2D eigenvalue weighted by molar-refractivity contribution is 0.0389. The number of nitrogens with zero attached hydrogens (tertiary/aromatic N) is 3. The second-order valence-electron chi connectivity index (χ2n) is 4.01. The molecular formula is C10H21IN4O. The number of hydrogen-bond donors (Lipinski definition) is 1. The first kappa shape index (κ1) is 14.0. The molecule has 0 aromatic carbocycles. The van der Waals surface area contributed by atoms with E-state index in [1.807, 2.05) is 0 Å². The van der Waals surface area contributed by atoms with Crippen LogP contribution in [0.4, 0.5) is 0 Å². The molecule has 0 radical (unpaired) electrons. The first-order valence-electron chi connectivity index (χ1n) is 5.66. The van der Waals surface area contributed by atoms with Gasteiger partial charge in [-0.2, -0.15) is 0 Å². The molecule has 0 saturated carbocycles. The van der Waals surface area contributed by atoms with E-state index in [0.717, 1.165) is 58.4 Å². The van der Waals surface area contributed by atoms with E-state index in [0.29, 0.717) is 0 Å². The van der Waals surface area contributed by atoms with E-state index in [4.69, 9.17) is 4.74 Å². The van der Waals surface area contributed by atoms with Crippen LogP contribution in [0.5, 0.6) is 0 Å². The Morgan fingerprint density at radius 2 is 2.06 bits per heavy atom. The Morgan fingerprint density at radius 1 is 1.31 bits per heavy atom. The number of nitrogens with one attached hydrogen (secondary N) is 1. The van der Waals surface area contributed by atoms with Crippen LogP contribution in [0.1, 0.15) is 0 Å². The van der Waals surface area contributed by atoms with E-state index in [-0.39, 0.29) is 24.0 Å². The first-order valence-corrected chi connectivity index (χ1v) is 5.66. The van der Waals surface area contributed by atoms with Crippen LogP contribution >= 0.6 is 24.0 Å². The Hall–Kier alpha value is -0.0800. The molecule has 2 heterocycles. The van der Waals surface area contributed by atoms with Crippen LogP contribution in [0, 0.1) is 0 Å². The number of rotatable bonds is 3. The number of guanidine groups is 1. The lowest BCUT2D eigenvalue weighted by Crippen LogP contribution is -2.43. The molecule has 16 heavy (non-hydrogen) atoms. The standard InChI is InChI=1S/C10H20N4O.HI/c1-13-4-2-11-10(13)12-3-5-14-6-8-15-9-7-14;/h2-9H2,1H3,(H,11,12);1H. The van der Waals surface area contributed by atoms with Crippen molar-refractivity contribution in [3.63, 3.8) is 0 Å². The van der Waals surface area contributed by atoms with Crippen molar-refractivity contribution >= 4 is 29.9 Å². The zero-order chi connectivity index (χ0) is 10.5. The van der Waals surface area contributed by atoms with Gasteiger partial charge in [-0.25, -0.2) is 0 Å². The second kappa shape index (κ2) is 7.29. The Morgan fingerprint density at radius 3 is 2.69 bits per heavy atom. The Labute approximate surface area is 114 Å². The van der Waals surface area contributed by atoms with E-state index in [1.54, 1.807) is 0 Å². The van der Waals surface area contributed by atoms with E-state index < -0.39 is 0 Å². The number of morpholine rings is 1. The van der Waals surface area contributed by atoms with E-state index >= 15 is 0 Å². The quantitative estimate of drug-likeness (QED) is 0.725. The van der Waals surface area contributed by atoms with E-state index in [2.05, 4.69) is 27.2 Å².